The Morgan fingerprint density at radius 1 is 0.905 bits per heavy atom. The second-order valence-electron chi connectivity index (χ2n) is 5.28. The predicted octanol–water partition coefficient (Wildman–Crippen LogP) is 4.14. The molecular formula is C15H29O5P. The van der Waals surface area contributed by atoms with Crippen LogP contribution in [0.15, 0.2) is 12.7 Å². The molecule has 21 heavy (non-hydrogen) atoms. The lowest BCUT2D eigenvalue weighted by Crippen LogP contribution is -1.92. The van der Waals surface area contributed by atoms with Crippen LogP contribution in [0, 0.1) is 0 Å². The van der Waals surface area contributed by atoms with Crippen LogP contribution in [-0.2, 0) is 13.9 Å². The summed E-state index contributed by atoms with van der Waals surface area (Å²) in [7, 11) is -4.28. The summed E-state index contributed by atoms with van der Waals surface area (Å²) in [5, 5.41) is 0. The average molecular weight is 320 g/mol. The fraction of sp³-hybridized carbons (Fsp3) is 0.800. The van der Waals surface area contributed by atoms with E-state index in [0.717, 1.165) is 32.1 Å². The molecule has 0 aromatic heterocycles. The van der Waals surface area contributed by atoms with Gasteiger partial charge in [-0.1, -0.05) is 57.9 Å². The van der Waals surface area contributed by atoms with Crippen molar-refractivity contribution in [3.8, 4) is 0 Å². The Balaban J connectivity index is 3.11. The molecule has 2 N–H and O–H groups in total. The highest BCUT2D eigenvalue weighted by Gasteiger charge is 2.12. The van der Waals surface area contributed by atoms with Gasteiger partial charge in [0.2, 0.25) is 0 Å². The van der Waals surface area contributed by atoms with E-state index in [1.165, 1.54) is 31.8 Å². The van der Waals surface area contributed by atoms with E-state index in [4.69, 9.17) is 9.79 Å². The van der Waals surface area contributed by atoms with Crippen LogP contribution < -0.4 is 0 Å². The lowest BCUT2D eigenvalue weighted by atomic mass is 10.1. The van der Waals surface area contributed by atoms with Crippen LogP contribution in [0.5, 0.6) is 0 Å². The Bertz CT molecular complexity index is 324. The van der Waals surface area contributed by atoms with Crippen molar-refractivity contribution in [1.29, 1.82) is 0 Å². The number of carbonyl (C=O) groups excluding carboxylic acids is 1. The maximum Gasteiger partial charge on any atom is 0.469 e. The summed E-state index contributed by atoms with van der Waals surface area (Å²) >= 11 is 0. The van der Waals surface area contributed by atoms with Gasteiger partial charge in [0, 0.05) is 6.42 Å². The summed E-state index contributed by atoms with van der Waals surface area (Å²) in [5.41, 5.74) is 0. The number of ketones is 1. The van der Waals surface area contributed by atoms with Gasteiger partial charge in [-0.25, -0.2) is 4.57 Å². The lowest BCUT2D eigenvalue weighted by Gasteiger charge is -2.05. The Labute approximate surface area is 128 Å². The summed E-state index contributed by atoms with van der Waals surface area (Å²) < 4.78 is 14.8. The first-order chi connectivity index (χ1) is 9.95. The molecular weight excluding hydrogens is 291 g/mol. The highest BCUT2D eigenvalue weighted by Crippen LogP contribution is 2.35. The summed E-state index contributed by atoms with van der Waals surface area (Å²) in [6, 6.07) is 0. The number of unbranched alkanes of at least 4 members (excludes halogenated alkanes) is 9. The van der Waals surface area contributed by atoms with E-state index < -0.39 is 7.82 Å². The molecule has 0 radical (unpaired) electrons. The lowest BCUT2D eigenvalue weighted by molar-refractivity contribution is -0.114. The maximum atomic E-state index is 11.0. The van der Waals surface area contributed by atoms with E-state index in [1.807, 2.05) is 0 Å². The van der Waals surface area contributed by atoms with Crippen LogP contribution in [0.4, 0.5) is 0 Å². The number of phosphoric ester groups is 1. The molecule has 0 aliphatic carbocycles. The van der Waals surface area contributed by atoms with Crippen molar-refractivity contribution in [2.75, 3.05) is 6.61 Å². The SMILES string of the molecule is C=CC(=O)CCCCCCCCCCCCOP(=O)(O)O. The van der Waals surface area contributed by atoms with Gasteiger partial charge in [0.05, 0.1) is 6.61 Å². The Hall–Kier alpha value is -0.480. The number of hydrogen-bond acceptors (Lipinski definition) is 3. The third-order valence-corrected chi connectivity index (χ3v) is 3.82. The second kappa shape index (κ2) is 13.2. The van der Waals surface area contributed by atoms with E-state index in [0.29, 0.717) is 12.8 Å². The molecule has 0 heterocycles. The summed E-state index contributed by atoms with van der Waals surface area (Å²) in [5.74, 6) is 0.137. The zero-order chi connectivity index (χ0) is 16.0. The van der Waals surface area contributed by atoms with Crippen LogP contribution >= 0.6 is 7.82 Å². The van der Waals surface area contributed by atoms with Gasteiger partial charge in [0.25, 0.3) is 0 Å². The normalized spacial score (nSPS) is 11.5. The van der Waals surface area contributed by atoms with Crippen LogP contribution in [0.25, 0.3) is 0 Å². The molecule has 0 rings (SSSR count). The summed E-state index contributed by atoms with van der Waals surface area (Å²) in [4.78, 5) is 28.0. The minimum absolute atomic E-state index is 0.133. The summed E-state index contributed by atoms with van der Waals surface area (Å²) in [6.45, 7) is 3.58. The highest BCUT2D eigenvalue weighted by atomic mass is 31.2. The molecule has 0 unspecified atom stereocenters. The number of phosphoric acid groups is 1. The van der Waals surface area contributed by atoms with Gasteiger partial charge >= 0.3 is 7.82 Å². The number of carbonyl (C=O) groups is 1. The van der Waals surface area contributed by atoms with Gasteiger partial charge in [0.15, 0.2) is 5.78 Å². The van der Waals surface area contributed by atoms with Crippen molar-refractivity contribution in [3.05, 3.63) is 12.7 Å². The third kappa shape index (κ3) is 17.5. The molecule has 5 nitrogen and oxygen atoms in total. The molecule has 0 saturated carbocycles. The van der Waals surface area contributed by atoms with E-state index in [-0.39, 0.29) is 12.4 Å². The van der Waals surface area contributed by atoms with Crippen LogP contribution in [0.3, 0.4) is 0 Å². The first-order valence-corrected chi connectivity index (χ1v) is 9.34. The fourth-order valence-electron chi connectivity index (χ4n) is 2.10. The zero-order valence-corrected chi connectivity index (χ0v) is 13.7. The molecule has 124 valence electrons. The monoisotopic (exact) mass is 320 g/mol. The largest absolute Gasteiger partial charge is 0.469 e. The van der Waals surface area contributed by atoms with Crippen LogP contribution in [-0.4, -0.2) is 22.2 Å². The van der Waals surface area contributed by atoms with Crippen molar-refractivity contribution >= 4 is 13.6 Å². The molecule has 6 heteroatoms. The minimum atomic E-state index is -4.28. The van der Waals surface area contributed by atoms with Gasteiger partial charge in [0.1, 0.15) is 0 Å². The molecule has 0 aromatic rings. The Kier molecular flexibility index (Phi) is 12.9. The molecule has 0 bridgehead atoms. The fourth-order valence-corrected chi connectivity index (χ4v) is 2.47. The smallest absolute Gasteiger partial charge is 0.303 e. The molecule has 0 amide bonds. The van der Waals surface area contributed by atoms with E-state index in [9.17, 15) is 9.36 Å². The van der Waals surface area contributed by atoms with Gasteiger partial charge in [-0.15, -0.1) is 0 Å². The number of rotatable bonds is 15. The molecule has 0 spiro atoms. The molecule has 0 fully saturated rings. The summed E-state index contributed by atoms with van der Waals surface area (Å²) in [6.07, 6.45) is 12.8. The van der Waals surface area contributed by atoms with Crippen molar-refractivity contribution in [3.63, 3.8) is 0 Å². The van der Waals surface area contributed by atoms with E-state index >= 15 is 0 Å². The Morgan fingerprint density at radius 2 is 1.33 bits per heavy atom. The maximum absolute atomic E-state index is 11.0. The van der Waals surface area contributed by atoms with E-state index in [1.54, 1.807) is 0 Å². The van der Waals surface area contributed by atoms with E-state index in [2.05, 4.69) is 11.1 Å². The minimum Gasteiger partial charge on any atom is -0.303 e. The molecule has 0 atom stereocenters. The third-order valence-electron chi connectivity index (χ3n) is 3.30. The molecule has 0 aromatic carbocycles. The van der Waals surface area contributed by atoms with Crippen molar-refractivity contribution in [2.24, 2.45) is 0 Å². The Morgan fingerprint density at radius 3 is 1.76 bits per heavy atom. The average Bonchev–Trinajstić information content (AvgIpc) is 2.42. The van der Waals surface area contributed by atoms with Gasteiger partial charge in [-0.05, 0) is 18.9 Å². The van der Waals surface area contributed by atoms with Gasteiger partial charge < -0.3 is 9.79 Å². The predicted molar refractivity (Wildman–Crippen MR) is 84.0 cm³/mol. The second-order valence-corrected chi connectivity index (χ2v) is 6.52. The molecule has 0 saturated heterocycles. The quantitative estimate of drug-likeness (QED) is 0.269. The molecule has 0 aliphatic heterocycles. The number of allylic oxidation sites excluding steroid dienone is 1. The first kappa shape index (κ1) is 20.5. The van der Waals surface area contributed by atoms with Crippen molar-refractivity contribution in [2.45, 2.75) is 70.6 Å². The number of hydrogen-bond donors (Lipinski definition) is 2. The topological polar surface area (TPSA) is 83.8 Å². The van der Waals surface area contributed by atoms with Gasteiger partial charge in [-0.3, -0.25) is 9.32 Å². The first-order valence-electron chi connectivity index (χ1n) is 7.81. The van der Waals surface area contributed by atoms with Crippen molar-refractivity contribution < 1.29 is 23.7 Å². The van der Waals surface area contributed by atoms with Crippen molar-refractivity contribution in [1.82, 2.24) is 0 Å². The van der Waals surface area contributed by atoms with Gasteiger partial charge in [-0.2, -0.15) is 0 Å². The zero-order valence-electron chi connectivity index (χ0n) is 12.8. The van der Waals surface area contributed by atoms with Crippen LogP contribution in [0.1, 0.15) is 70.6 Å². The van der Waals surface area contributed by atoms with Crippen LogP contribution in [0.2, 0.25) is 0 Å². The highest BCUT2D eigenvalue weighted by molar-refractivity contribution is 7.46. The standard InChI is InChI=1S/C15H29O5P/c1-2-15(16)13-11-9-7-5-3-4-6-8-10-12-14-20-21(17,18)19/h2H,1,3-14H2,(H2,17,18,19). The molecule has 0 aliphatic rings.